The second kappa shape index (κ2) is 5.63. The molecule has 1 aliphatic rings. The van der Waals surface area contributed by atoms with E-state index in [0.29, 0.717) is 25.8 Å². The van der Waals surface area contributed by atoms with Crippen molar-refractivity contribution < 1.29 is 18.3 Å². The van der Waals surface area contributed by atoms with Crippen molar-refractivity contribution in [3.8, 4) is 0 Å². The largest absolute Gasteiger partial charge is 0.480 e. The normalized spacial score (nSPS) is 22.4. The number of hydrogen-bond acceptors (Lipinski definition) is 3. The van der Waals surface area contributed by atoms with Crippen molar-refractivity contribution in [2.45, 2.75) is 45.1 Å². The van der Waals surface area contributed by atoms with Crippen molar-refractivity contribution >= 4 is 16.0 Å². The van der Waals surface area contributed by atoms with Crippen LogP contribution in [0.2, 0.25) is 0 Å². The smallest absolute Gasteiger partial charge is 0.322 e. The molecule has 0 bridgehead atoms. The third kappa shape index (κ3) is 3.18. The van der Waals surface area contributed by atoms with Crippen LogP contribution in [0.1, 0.15) is 39.0 Å². The summed E-state index contributed by atoms with van der Waals surface area (Å²) >= 11 is 0. The molecule has 0 radical (unpaired) electrons. The Bertz CT molecular complexity index is 339. The van der Waals surface area contributed by atoms with E-state index in [1.807, 2.05) is 6.92 Å². The fraction of sp³-hybridized carbons (Fsp3) is 0.900. The van der Waals surface area contributed by atoms with Crippen molar-refractivity contribution in [1.29, 1.82) is 0 Å². The van der Waals surface area contributed by atoms with Crippen LogP contribution >= 0.6 is 0 Å². The van der Waals surface area contributed by atoms with Gasteiger partial charge in [0.2, 0.25) is 10.0 Å². The lowest BCUT2D eigenvalue weighted by Gasteiger charge is -2.20. The van der Waals surface area contributed by atoms with Crippen molar-refractivity contribution in [1.82, 2.24) is 4.31 Å². The Hall–Kier alpha value is -0.620. The summed E-state index contributed by atoms with van der Waals surface area (Å²) in [6.45, 7) is 2.36. The van der Waals surface area contributed by atoms with Gasteiger partial charge in [-0.2, -0.15) is 4.31 Å². The second-order valence-electron chi connectivity index (χ2n) is 4.13. The summed E-state index contributed by atoms with van der Waals surface area (Å²) in [5.41, 5.74) is 0. The molecular weight excluding hydrogens is 230 g/mol. The van der Waals surface area contributed by atoms with Crippen molar-refractivity contribution in [3.05, 3.63) is 0 Å². The molecule has 0 unspecified atom stereocenters. The molecule has 0 aliphatic carbocycles. The highest BCUT2D eigenvalue weighted by Crippen LogP contribution is 2.22. The highest BCUT2D eigenvalue weighted by molar-refractivity contribution is 7.89. The van der Waals surface area contributed by atoms with Crippen LogP contribution in [0.4, 0.5) is 0 Å². The molecular formula is C10H19NO4S. The Kier molecular flexibility index (Phi) is 4.73. The van der Waals surface area contributed by atoms with Gasteiger partial charge in [0.1, 0.15) is 6.04 Å². The Balaban J connectivity index is 2.63. The van der Waals surface area contributed by atoms with Crippen molar-refractivity contribution in [3.63, 3.8) is 0 Å². The molecule has 0 aromatic carbocycles. The van der Waals surface area contributed by atoms with Gasteiger partial charge < -0.3 is 5.11 Å². The van der Waals surface area contributed by atoms with Crippen LogP contribution in [-0.2, 0) is 14.8 Å². The van der Waals surface area contributed by atoms with E-state index in [2.05, 4.69) is 0 Å². The van der Waals surface area contributed by atoms with Gasteiger partial charge in [-0.3, -0.25) is 4.79 Å². The molecule has 6 heteroatoms. The molecule has 1 fully saturated rings. The van der Waals surface area contributed by atoms with Crippen LogP contribution in [0, 0.1) is 0 Å². The lowest BCUT2D eigenvalue weighted by atomic mass is 10.2. The number of aliphatic carboxylic acids is 1. The minimum Gasteiger partial charge on any atom is -0.480 e. The SMILES string of the molecule is CCCCCS(=O)(=O)N1CCC[C@H]1C(=O)O. The maximum absolute atomic E-state index is 11.9. The van der Waals surface area contributed by atoms with Crippen molar-refractivity contribution in [2.24, 2.45) is 0 Å². The molecule has 0 spiro atoms. The third-order valence-electron chi connectivity index (χ3n) is 2.85. The standard InChI is InChI=1S/C10H19NO4S/c1-2-3-4-8-16(14,15)11-7-5-6-9(11)10(12)13/h9H,2-8H2,1H3,(H,12,13)/t9-/m0/s1. The van der Waals surface area contributed by atoms with Gasteiger partial charge in [0.05, 0.1) is 5.75 Å². The Morgan fingerprint density at radius 1 is 1.44 bits per heavy atom. The van der Waals surface area contributed by atoms with E-state index in [1.54, 1.807) is 0 Å². The molecule has 1 atom stereocenters. The predicted molar refractivity (Wildman–Crippen MR) is 60.7 cm³/mol. The summed E-state index contributed by atoms with van der Waals surface area (Å²) in [5, 5.41) is 8.91. The number of rotatable bonds is 6. The quantitative estimate of drug-likeness (QED) is 0.714. The van der Waals surface area contributed by atoms with Gasteiger partial charge in [0.15, 0.2) is 0 Å². The zero-order valence-corrected chi connectivity index (χ0v) is 10.4. The van der Waals surface area contributed by atoms with E-state index < -0.39 is 22.0 Å². The average Bonchev–Trinajstić information content (AvgIpc) is 2.66. The fourth-order valence-electron chi connectivity index (χ4n) is 1.97. The molecule has 1 aliphatic heterocycles. The van der Waals surface area contributed by atoms with Gasteiger partial charge in [0.25, 0.3) is 0 Å². The summed E-state index contributed by atoms with van der Waals surface area (Å²) < 4.78 is 24.9. The minimum absolute atomic E-state index is 0.0740. The number of nitrogens with zero attached hydrogens (tertiary/aromatic N) is 1. The van der Waals surface area contributed by atoms with Gasteiger partial charge in [0, 0.05) is 6.54 Å². The van der Waals surface area contributed by atoms with Crippen LogP contribution in [-0.4, -0.2) is 42.1 Å². The minimum atomic E-state index is -3.37. The fourth-order valence-corrected chi connectivity index (χ4v) is 3.77. The molecule has 0 amide bonds. The topological polar surface area (TPSA) is 74.7 Å². The second-order valence-corrected chi connectivity index (χ2v) is 6.17. The number of unbranched alkanes of at least 4 members (excludes halogenated alkanes) is 2. The summed E-state index contributed by atoms with van der Waals surface area (Å²) in [6.07, 6.45) is 3.51. The van der Waals surface area contributed by atoms with E-state index in [4.69, 9.17) is 5.11 Å². The van der Waals surface area contributed by atoms with Gasteiger partial charge >= 0.3 is 5.97 Å². The summed E-state index contributed by atoms with van der Waals surface area (Å²) in [7, 11) is -3.37. The molecule has 1 saturated heterocycles. The Morgan fingerprint density at radius 2 is 2.12 bits per heavy atom. The molecule has 0 aromatic heterocycles. The number of sulfonamides is 1. The zero-order valence-electron chi connectivity index (χ0n) is 9.55. The molecule has 0 aromatic rings. The molecule has 1 rings (SSSR count). The van der Waals surface area contributed by atoms with E-state index in [0.717, 1.165) is 17.1 Å². The lowest BCUT2D eigenvalue weighted by Crippen LogP contribution is -2.41. The van der Waals surface area contributed by atoms with Gasteiger partial charge in [-0.15, -0.1) is 0 Å². The van der Waals surface area contributed by atoms with Crippen molar-refractivity contribution in [2.75, 3.05) is 12.3 Å². The highest BCUT2D eigenvalue weighted by atomic mass is 32.2. The van der Waals surface area contributed by atoms with E-state index in [1.165, 1.54) is 0 Å². The first-order valence-electron chi connectivity index (χ1n) is 5.71. The number of carbonyl (C=O) groups is 1. The van der Waals surface area contributed by atoms with Crippen LogP contribution in [0.25, 0.3) is 0 Å². The maximum Gasteiger partial charge on any atom is 0.322 e. The monoisotopic (exact) mass is 249 g/mol. The third-order valence-corrected chi connectivity index (χ3v) is 4.81. The maximum atomic E-state index is 11.9. The van der Waals surface area contributed by atoms with Gasteiger partial charge in [-0.05, 0) is 19.3 Å². The van der Waals surface area contributed by atoms with Crippen LogP contribution in [0.3, 0.4) is 0 Å². The first-order chi connectivity index (χ1) is 7.49. The molecule has 0 saturated carbocycles. The Labute approximate surface area is 96.5 Å². The molecule has 5 nitrogen and oxygen atoms in total. The first kappa shape index (κ1) is 13.4. The van der Waals surface area contributed by atoms with E-state index in [-0.39, 0.29) is 5.75 Å². The number of carboxylic acids is 1. The first-order valence-corrected chi connectivity index (χ1v) is 7.32. The predicted octanol–water partition coefficient (Wildman–Crippen LogP) is 1.06. The lowest BCUT2D eigenvalue weighted by molar-refractivity contribution is -0.140. The zero-order chi connectivity index (χ0) is 12.2. The van der Waals surface area contributed by atoms with Gasteiger partial charge in [-0.25, -0.2) is 8.42 Å². The van der Waals surface area contributed by atoms with Crippen LogP contribution < -0.4 is 0 Å². The highest BCUT2D eigenvalue weighted by Gasteiger charge is 2.37. The average molecular weight is 249 g/mol. The van der Waals surface area contributed by atoms with E-state index in [9.17, 15) is 13.2 Å². The molecule has 16 heavy (non-hydrogen) atoms. The van der Waals surface area contributed by atoms with Gasteiger partial charge in [-0.1, -0.05) is 19.8 Å². The van der Waals surface area contributed by atoms with Crippen LogP contribution in [0.15, 0.2) is 0 Å². The number of hydrogen-bond donors (Lipinski definition) is 1. The molecule has 94 valence electrons. The van der Waals surface area contributed by atoms with Crippen LogP contribution in [0.5, 0.6) is 0 Å². The van der Waals surface area contributed by atoms with E-state index >= 15 is 0 Å². The number of carboxylic acid groups (broad SMARTS) is 1. The molecule has 1 heterocycles. The summed E-state index contributed by atoms with van der Waals surface area (Å²) in [5.74, 6) is -0.957. The molecule has 1 N–H and O–H groups in total. The summed E-state index contributed by atoms with van der Waals surface area (Å²) in [4.78, 5) is 10.9. The summed E-state index contributed by atoms with van der Waals surface area (Å²) in [6, 6.07) is -0.841. The Morgan fingerprint density at radius 3 is 2.69 bits per heavy atom.